The number of amides is 2. The quantitative estimate of drug-likeness (QED) is 0.777. The molecule has 1 aliphatic rings. The number of carbonyl (C=O) groups excluding carboxylic acids is 2. The van der Waals surface area contributed by atoms with Crippen LogP contribution in [-0.2, 0) is 11.3 Å². The Balaban J connectivity index is 1.52. The van der Waals surface area contributed by atoms with E-state index in [1.807, 2.05) is 42.5 Å². The van der Waals surface area contributed by atoms with Crippen molar-refractivity contribution in [3.05, 3.63) is 59.9 Å². The molecule has 2 amide bonds. The van der Waals surface area contributed by atoms with Crippen LogP contribution in [-0.4, -0.2) is 67.1 Å². The molecule has 1 fully saturated rings. The summed E-state index contributed by atoms with van der Waals surface area (Å²) in [4.78, 5) is 34.2. The number of rotatable bonds is 5. The lowest BCUT2D eigenvalue weighted by Gasteiger charge is -2.37. The third kappa shape index (κ3) is 5.25. The number of aromatic nitrogens is 1. The maximum Gasteiger partial charge on any atom is 0.410 e. The van der Waals surface area contributed by atoms with Gasteiger partial charge in [-0.25, -0.2) is 4.79 Å². The Bertz CT molecular complexity index is 833. The summed E-state index contributed by atoms with van der Waals surface area (Å²) in [6, 6.07) is 13.6. The zero-order chi connectivity index (χ0) is 20.8. The van der Waals surface area contributed by atoms with E-state index in [2.05, 4.69) is 9.88 Å². The SMILES string of the molecule is CN(C)C(=O)c1cc(N2CCC(N(C)C(=O)OCc3ccccc3)CC2)ccn1. The van der Waals surface area contributed by atoms with Crippen LogP contribution in [0.15, 0.2) is 48.7 Å². The Morgan fingerprint density at radius 3 is 2.45 bits per heavy atom. The van der Waals surface area contributed by atoms with Gasteiger partial charge in [0.2, 0.25) is 0 Å². The molecule has 0 bridgehead atoms. The highest BCUT2D eigenvalue weighted by molar-refractivity contribution is 5.92. The second-order valence-electron chi connectivity index (χ2n) is 7.47. The molecule has 7 nitrogen and oxygen atoms in total. The van der Waals surface area contributed by atoms with Gasteiger partial charge < -0.3 is 19.4 Å². The standard InChI is InChI=1S/C22H28N4O3/c1-24(2)21(27)20-15-19(9-12-23-20)26-13-10-18(11-14-26)25(3)22(28)29-16-17-7-5-4-6-8-17/h4-9,12,15,18H,10-11,13-14,16H2,1-3H3. The first-order chi connectivity index (χ1) is 14.0. The van der Waals surface area contributed by atoms with E-state index in [-0.39, 0.29) is 24.6 Å². The van der Waals surface area contributed by atoms with Gasteiger partial charge >= 0.3 is 6.09 Å². The molecule has 1 aromatic heterocycles. The van der Waals surface area contributed by atoms with Crippen molar-refractivity contribution in [2.45, 2.75) is 25.5 Å². The molecule has 154 valence electrons. The van der Waals surface area contributed by atoms with Gasteiger partial charge in [-0.2, -0.15) is 0 Å². The highest BCUT2D eigenvalue weighted by Gasteiger charge is 2.26. The third-order valence-electron chi connectivity index (χ3n) is 5.24. The van der Waals surface area contributed by atoms with E-state index in [9.17, 15) is 9.59 Å². The number of carbonyl (C=O) groups is 2. The van der Waals surface area contributed by atoms with E-state index in [0.29, 0.717) is 5.69 Å². The summed E-state index contributed by atoms with van der Waals surface area (Å²) < 4.78 is 5.44. The van der Waals surface area contributed by atoms with E-state index < -0.39 is 0 Å². The van der Waals surface area contributed by atoms with Crippen LogP contribution in [0.25, 0.3) is 0 Å². The van der Waals surface area contributed by atoms with Gasteiger partial charge in [0, 0.05) is 52.2 Å². The molecule has 0 aliphatic carbocycles. The Kier molecular flexibility index (Phi) is 6.69. The molecule has 0 spiro atoms. The molecular weight excluding hydrogens is 368 g/mol. The van der Waals surface area contributed by atoms with E-state index in [4.69, 9.17) is 4.74 Å². The molecule has 7 heteroatoms. The van der Waals surface area contributed by atoms with Gasteiger partial charge in [0.25, 0.3) is 5.91 Å². The smallest absolute Gasteiger partial charge is 0.410 e. The lowest BCUT2D eigenvalue weighted by atomic mass is 10.0. The second kappa shape index (κ2) is 9.41. The number of pyridine rings is 1. The van der Waals surface area contributed by atoms with Crippen molar-refractivity contribution in [3.63, 3.8) is 0 Å². The summed E-state index contributed by atoms with van der Waals surface area (Å²) in [5.74, 6) is -0.109. The van der Waals surface area contributed by atoms with Crippen LogP contribution in [0.1, 0.15) is 28.9 Å². The Labute approximate surface area is 171 Å². The maximum absolute atomic E-state index is 12.4. The summed E-state index contributed by atoms with van der Waals surface area (Å²) >= 11 is 0. The van der Waals surface area contributed by atoms with Crippen molar-refractivity contribution in [2.24, 2.45) is 0 Å². The molecule has 2 aromatic rings. The minimum Gasteiger partial charge on any atom is -0.445 e. The highest BCUT2D eigenvalue weighted by atomic mass is 16.6. The maximum atomic E-state index is 12.4. The Hall–Kier alpha value is -3.09. The number of hydrogen-bond acceptors (Lipinski definition) is 5. The molecule has 0 N–H and O–H groups in total. The van der Waals surface area contributed by atoms with Crippen molar-refractivity contribution in [1.82, 2.24) is 14.8 Å². The lowest BCUT2D eigenvalue weighted by Crippen LogP contribution is -2.45. The van der Waals surface area contributed by atoms with Gasteiger partial charge in [-0.1, -0.05) is 30.3 Å². The van der Waals surface area contributed by atoms with Crippen LogP contribution in [0.5, 0.6) is 0 Å². The van der Waals surface area contributed by atoms with E-state index in [1.54, 1.807) is 32.2 Å². The number of nitrogens with zero attached hydrogens (tertiary/aromatic N) is 4. The number of benzene rings is 1. The monoisotopic (exact) mass is 396 g/mol. The van der Waals surface area contributed by atoms with Crippen molar-refractivity contribution >= 4 is 17.7 Å². The predicted octanol–water partition coefficient (Wildman–Crippen LogP) is 3.02. The van der Waals surface area contributed by atoms with Crippen LogP contribution < -0.4 is 4.90 Å². The summed E-state index contributed by atoms with van der Waals surface area (Å²) in [6.07, 6.45) is 3.06. The van der Waals surface area contributed by atoms with Crippen LogP contribution in [0.2, 0.25) is 0 Å². The molecule has 0 radical (unpaired) electrons. The normalized spacial score (nSPS) is 14.4. The highest BCUT2D eigenvalue weighted by Crippen LogP contribution is 2.23. The van der Waals surface area contributed by atoms with Gasteiger partial charge in [0.15, 0.2) is 0 Å². The van der Waals surface area contributed by atoms with Crippen LogP contribution >= 0.6 is 0 Å². The van der Waals surface area contributed by atoms with E-state index >= 15 is 0 Å². The average molecular weight is 396 g/mol. The van der Waals surface area contributed by atoms with Crippen LogP contribution in [0, 0.1) is 0 Å². The molecule has 3 rings (SSSR count). The molecule has 1 aromatic carbocycles. The summed E-state index contributed by atoms with van der Waals surface area (Å²) in [7, 11) is 5.23. The minimum atomic E-state index is -0.296. The lowest BCUT2D eigenvalue weighted by molar-refractivity contribution is 0.0820. The van der Waals surface area contributed by atoms with Crippen molar-refractivity contribution < 1.29 is 14.3 Å². The first kappa shape index (κ1) is 20.6. The molecule has 1 saturated heterocycles. The van der Waals surface area contributed by atoms with E-state index in [1.165, 1.54) is 4.90 Å². The van der Waals surface area contributed by atoms with Crippen molar-refractivity contribution in [1.29, 1.82) is 0 Å². The molecule has 0 saturated carbocycles. The Morgan fingerprint density at radius 2 is 1.79 bits per heavy atom. The molecular formula is C22H28N4O3. The topological polar surface area (TPSA) is 66.0 Å². The van der Waals surface area contributed by atoms with Gasteiger partial charge in [-0.15, -0.1) is 0 Å². The van der Waals surface area contributed by atoms with Gasteiger partial charge in [-0.05, 0) is 30.5 Å². The summed E-state index contributed by atoms with van der Waals surface area (Å²) in [5, 5.41) is 0. The summed E-state index contributed by atoms with van der Waals surface area (Å²) in [6.45, 7) is 1.89. The van der Waals surface area contributed by atoms with Crippen LogP contribution in [0.4, 0.5) is 10.5 Å². The molecule has 1 aliphatic heterocycles. The zero-order valence-corrected chi connectivity index (χ0v) is 17.2. The fraction of sp³-hybridized carbons (Fsp3) is 0.409. The Morgan fingerprint density at radius 1 is 1.10 bits per heavy atom. The molecule has 0 unspecified atom stereocenters. The number of hydrogen-bond donors (Lipinski definition) is 0. The molecule has 0 atom stereocenters. The van der Waals surface area contributed by atoms with Gasteiger partial charge in [0.1, 0.15) is 12.3 Å². The first-order valence-electron chi connectivity index (χ1n) is 9.82. The number of piperidine rings is 1. The van der Waals surface area contributed by atoms with Gasteiger partial charge in [0.05, 0.1) is 0 Å². The van der Waals surface area contributed by atoms with Crippen LogP contribution in [0.3, 0.4) is 0 Å². The molecule has 2 heterocycles. The summed E-state index contributed by atoms with van der Waals surface area (Å²) in [5.41, 5.74) is 2.40. The molecule has 29 heavy (non-hydrogen) atoms. The predicted molar refractivity (Wildman–Crippen MR) is 112 cm³/mol. The van der Waals surface area contributed by atoms with Crippen molar-refractivity contribution in [2.75, 3.05) is 39.1 Å². The fourth-order valence-electron chi connectivity index (χ4n) is 3.44. The van der Waals surface area contributed by atoms with Gasteiger partial charge in [-0.3, -0.25) is 9.78 Å². The second-order valence-corrected chi connectivity index (χ2v) is 7.47. The number of ether oxygens (including phenoxy) is 1. The van der Waals surface area contributed by atoms with Crippen molar-refractivity contribution in [3.8, 4) is 0 Å². The number of anilines is 1. The largest absolute Gasteiger partial charge is 0.445 e. The average Bonchev–Trinajstić information content (AvgIpc) is 2.77. The van der Waals surface area contributed by atoms with E-state index in [0.717, 1.165) is 37.2 Å². The third-order valence-corrected chi connectivity index (χ3v) is 5.24. The zero-order valence-electron chi connectivity index (χ0n) is 17.2. The first-order valence-corrected chi connectivity index (χ1v) is 9.82. The minimum absolute atomic E-state index is 0.109. The fourth-order valence-corrected chi connectivity index (χ4v) is 3.44.